The number of hydrogen-bond donors (Lipinski definition) is 1. The van der Waals surface area contributed by atoms with Crippen molar-refractivity contribution in [2.24, 2.45) is 5.10 Å². The number of hydrogen-bond acceptors (Lipinski definition) is 4. The molecule has 0 unspecified atom stereocenters. The molecule has 0 aliphatic heterocycles. The van der Waals surface area contributed by atoms with Crippen molar-refractivity contribution < 1.29 is 13.2 Å². The van der Waals surface area contributed by atoms with Crippen LogP contribution in [0.3, 0.4) is 0 Å². The summed E-state index contributed by atoms with van der Waals surface area (Å²) in [5.41, 5.74) is 8.67. The SMILES string of the molecule is Cc1ccc(CN(c2ccc(C(=O)N/N=C\c3cc(C)n(-c4cc(Cl)ccc4Cl)c3C)cc2)S(C)(=O)=O)cc1. The molecule has 4 aromatic rings. The third-order valence-electron chi connectivity index (χ3n) is 6.25. The van der Waals surface area contributed by atoms with Gasteiger partial charge in [-0.2, -0.15) is 5.10 Å². The van der Waals surface area contributed by atoms with Gasteiger partial charge in [-0.3, -0.25) is 9.10 Å². The molecule has 1 heterocycles. The Morgan fingerprint density at radius 1 is 0.974 bits per heavy atom. The Balaban J connectivity index is 1.48. The Kier molecular flexibility index (Phi) is 8.49. The van der Waals surface area contributed by atoms with Crippen LogP contribution in [0.5, 0.6) is 0 Å². The predicted octanol–water partition coefficient (Wildman–Crippen LogP) is 6.44. The molecule has 10 heteroatoms. The smallest absolute Gasteiger partial charge is 0.271 e. The molecule has 0 fully saturated rings. The number of sulfonamides is 1. The lowest BCUT2D eigenvalue weighted by Crippen LogP contribution is -2.29. The van der Waals surface area contributed by atoms with E-state index in [0.717, 1.165) is 40.0 Å². The number of benzene rings is 3. The van der Waals surface area contributed by atoms with Gasteiger partial charge in [0.25, 0.3) is 5.91 Å². The standard InChI is InChI=1S/C29H28Cl2N4O3S/c1-19-5-7-22(8-6-19)18-34(39(4,37)38)26-12-9-23(10-13-26)29(36)33-32-17-24-15-20(2)35(21(24)3)28-16-25(30)11-14-27(28)31/h5-17H,18H2,1-4H3,(H,33,36)/b32-17-. The highest BCUT2D eigenvalue weighted by atomic mass is 35.5. The lowest BCUT2D eigenvalue weighted by atomic mass is 10.1. The van der Waals surface area contributed by atoms with E-state index in [1.54, 1.807) is 48.7 Å². The van der Waals surface area contributed by atoms with Gasteiger partial charge in [0.15, 0.2) is 0 Å². The Labute approximate surface area is 238 Å². The van der Waals surface area contributed by atoms with Crippen LogP contribution in [0.25, 0.3) is 5.69 Å². The highest BCUT2D eigenvalue weighted by Crippen LogP contribution is 2.28. The van der Waals surface area contributed by atoms with Crippen LogP contribution >= 0.6 is 23.2 Å². The van der Waals surface area contributed by atoms with E-state index >= 15 is 0 Å². The van der Waals surface area contributed by atoms with E-state index < -0.39 is 15.9 Å². The van der Waals surface area contributed by atoms with Crippen LogP contribution in [-0.4, -0.2) is 31.4 Å². The van der Waals surface area contributed by atoms with Crippen molar-refractivity contribution in [3.05, 3.63) is 116 Å². The zero-order valence-electron chi connectivity index (χ0n) is 21.9. The normalized spacial score (nSPS) is 11.6. The molecule has 4 rings (SSSR count). The van der Waals surface area contributed by atoms with Crippen molar-refractivity contribution in [3.8, 4) is 5.69 Å². The van der Waals surface area contributed by atoms with Gasteiger partial charge in [0.05, 0.1) is 35.4 Å². The van der Waals surface area contributed by atoms with Crippen LogP contribution in [-0.2, 0) is 16.6 Å². The van der Waals surface area contributed by atoms with E-state index in [-0.39, 0.29) is 6.54 Å². The van der Waals surface area contributed by atoms with E-state index in [1.165, 1.54) is 4.31 Å². The van der Waals surface area contributed by atoms with E-state index in [4.69, 9.17) is 23.2 Å². The summed E-state index contributed by atoms with van der Waals surface area (Å²) in [6.45, 7) is 6.03. The number of aromatic nitrogens is 1. The van der Waals surface area contributed by atoms with E-state index in [9.17, 15) is 13.2 Å². The number of carbonyl (C=O) groups is 1. The maximum Gasteiger partial charge on any atom is 0.271 e. The average Bonchev–Trinajstić information content (AvgIpc) is 3.17. The van der Waals surface area contributed by atoms with Crippen molar-refractivity contribution in [2.45, 2.75) is 27.3 Å². The molecule has 1 aromatic heterocycles. The Bertz CT molecular complexity index is 1650. The van der Waals surface area contributed by atoms with Gasteiger partial charge >= 0.3 is 0 Å². The van der Waals surface area contributed by atoms with E-state index in [0.29, 0.717) is 21.3 Å². The Morgan fingerprint density at radius 2 is 1.64 bits per heavy atom. The first kappa shape index (κ1) is 28.4. The Hall–Kier alpha value is -3.59. The van der Waals surface area contributed by atoms with Gasteiger partial charge in [-0.1, -0.05) is 53.0 Å². The van der Waals surface area contributed by atoms with Crippen LogP contribution in [0.4, 0.5) is 5.69 Å². The highest BCUT2D eigenvalue weighted by Gasteiger charge is 2.19. The van der Waals surface area contributed by atoms with Crippen LogP contribution < -0.4 is 9.73 Å². The Morgan fingerprint density at radius 3 is 2.28 bits per heavy atom. The van der Waals surface area contributed by atoms with Gasteiger partial charge in [0.2, 0.25) is 10.0 Å². The number of halogens is 2. The summed E-state index contributed by atoms with van der Waals surface area (Å²) in [5, 5.41) is 5.26. The first-order chi connectivity index (χ1) is 18.4. The molecule has 1 amide bonds. The van der Waals surface area contributed by atoms with Crippen molar-refractivity contribution in [1.82, 2.24) is 9.99 Å². The fourth-order valence-electron chi connectivity index (χ4n) is 4.21. The maximum absolute atomic E-state index is 12.7. The largest absolute Gasteiger partial charge is 0.316 e. The molecule has 0 saturated heterocycles. The number of amides is 1. The maximum atomic E-state index is 12.7. The monoisotopic (exact) mass is 582 g/mol. The molecule has 202 valence electrons. The van der Waals surface area contributed by atoms with E-state index in [2.05, 4.69) is 10.5 Å². The minimum atomic E-state index is -3.54. The molecule has 0 bridgehead atoms. The van der Waals surface area contributed by atoms with Crippen LogP contribution in [0.15, 0.2) is 77.9 Å². The lowest BCUT2D eigenvalue weighted by molar-refractivity contribution is 0.0955. The van der Waals surface area contributed by atoms with Gasteiger partial charge in [-0.05, 0) is 74.9 Å². The quantitative estimate of drug-likeness (QED) is 0.192. The van der Waals surface area contributed by atoms with Crippen molar-refractivity contribution in [2.75, 3.05) is 10.6 Å². The second kappa shape index (κ2) is 11.7. The number of nitrogens with zero attached hydrogens (tertiary/aromatic N) is 3. The lowest BCUT2D eigenvalue weighted by Gasteiger charge is -2.22. The molecule has 0 aliphatic rings. The summed E-state index contributed by atoms with van der Waals surface area (Å²) < 4.78 is 28.3. The molecule has 7 nitrogen and oxygen atoms in total. The second-order valence-corrected chi connectivity index (χ2v) is 12.0. The van der Waals surface area contributed by atoms with Gasteiger partial charge < -0.3 is 4.57 Å². The molecule has 0 spiro atoms. The second-order valence-electron chi connectivity index (χ2n) is 9.26. The third kappa shape index (κ3) is 6.71. The highest BCUT2D eigenvalue weighted by molar-refractivity contribution is 7.92. The van der Waals surface area contributed by atoms with Crippen molar-refractivity contribution in [3.63, 3.8) is 0 Å². The summed E-state index contributed by atoms with van der Waals surface area (Å²) >= 11 is 12.6. The number of aryl methyl sites for hydroxylation is 2. The van der Waals surface area contributed by atoms with Gasteiger partial charge in [0.1, 0.15) is 0 Å². The minimum Gasteiger partial charge on any atom is -0.316 e. The molecular weight excluding hydrogens is 555 g/mol. The average molecular weight is 584 g/mol. The fraction of sp³-hybridized carbons (Fsp3) is 0.172. The van der Waals surface area contributed by atoms with Gasteiger partial charge in [-0.15, -0.1) is 0 Å². The number of carbonyl (C=O) groups excluding carboxylic acids is 1. The first-order valence-corrected chi connectivity index (χ1v) is 14.7. The fourth-order valence-corrected chi connectivity index (χ4v) is 5.47. The number of rotatable bonds is 8. The summed E-state index contributed by atoms with van der Waals surface area (Å²) in [6.07, 6.45) is 2.73. The number of hydrazone groups is 1. The number of nitrogens with one attached hydrogen (secondary N) is 1. The zero-order chi connectivity index (χ0) is 28.3. The topological polar surface area (TPSA) is 83.8 Å². The minimum absolute atomic E-state index is 0.188. The van der Waals surface area contributed by atoms with E-state index in [1.807, 2.05) is 55.7 Å². The predicted molar refractivity (Wildman–Crippen MR) is 159 cm³/mol. The summed E-state index contributed by atoms with van der Waals surface area (Å²) in [5.74, 6) is -0.422. The molecule has 0 saturated carbocycles. The van der Waals surface area contributed by atoms with Crippen molar-refractivity contribution in [1.29, 1.82) is 0 Å². The molecule has 39 heavy (non-hydrogen) atoms. The molecule has 3 aromatic carbocycles. The van der Waals surface area contributed by atoms with Gasteiger partial charge in [0, 0.05) is 27.5 Å². The molecule has 0 aliphatic carbocycles. The molecule has 0 radical (unpaired) electrons. The molecular formula is C29H28Cl2N4O3S. The third-order valence-corrected chi connectivity index (χ3v) is 7.95. The summed E-state index contributed by atoms with van der Waals surface area (Å²) in [6, 6.07) is 21.2. The number of anilines is 1. The summed E-state index contributed by atoms with van der Waals surface area (Å²) in [4.78, 5) is 12.7. The van der Waals surface area contributed by atoms with Gasteiger partial charge in [-0.25, -0.2) is 13.8 Å². The van der Waals surface area contributed by atoms with Crippen LogP contribution in [0.1, 0.15) is 38.4 Å². The van der Waals surface area contributed by atoms with Crippen LogP contribution in [0, 0.1) is 20.8 Å². The first-order valence-electron chi connectivity index (χ1n) is 12.0. The summed E-state index contributed by atoms with van der Waals surface area (Å²) in [7, 11) is -3.54. The van der Waals surface area contributed by atoms with Crippen molar-refractivity contribution >= 4 is 51.0 Å². The zero-order valence-corrected chi connectivity index (χ0v) is 24.3. The molecule has 1 N–H and O–H groups in total. The molecule has 0 atom stereocenters. The van der Waals surface area contributed by atoms with Crippen LogP contribution in [0.2, 0.25) is 10.0 Å².